The monoisotopic (exact) mass is 229 g/mol. The summed E-state index contributed by atoms with van der Waals surface area (Å²) in [6.07, 6.45) is 4.60. The smallest absolute Gasteiger partial charge is 0.328 e. The average Bonchev–Trinajstić information content (AvgIpc) is 2.68. The zero-order valence-electron chi connectivity index (χ0n) is 9.90. The van der Waals surface area contributed by atoms with Crippen molar-refractivity contribution in [2.45, 2.75) is 19.8 Å². The molecule has 2 N–H and O–H groups in total. The summed E-state index contributed by atoms with van der Waals surface area (Å²) in [5.74, 6) is -0.468. The first-order valence-corrected chi connectivity index (χ1v) is 5.60. The molecule has 88 valence electrons. The van der Waals surface area contributed by atoms with Gasteiger partial charge in [0.05, 0.1) is 0 Å². The SMILES string of the molecule is CC(C)c1ccc2[nH]cc(/C=C/C(=O)O)c2c1. The van der Waals surface area contributed by atoms with Crippen LogP contribution in [0.4, 0.5) is 0 Å². The number of aromatic amines is 1. The molecule has 3 nitrogen and oxygen atoms in total. The van der Waals surface area contributed by atoms with Gasteiger partial charge in [0, 0.05) is 28.7 Å². The number of carboxylic acids is 1. The predicted molar refractivity (Wildman–Crippen MR) is 69.1 cm³/mol. The molecule has 0 saturated heterocycles. The van der Waals surface area contributed by atoms with Crippen LogP contribution >= 0.6 is 0 Å². The highest BCUT2D eigenvalue weighted by Gasteiger charge is 2.05. The lowest BCUT2D eigenvalue weighted by atomic mass is 10.0. The zero-order valence-corrected chi connectivity index (χ0v) is 9.90. The van der Waals surface area contributed by atoms with Gasteiger partial charge in [0.15, 0.2) is 0 Å². The standard InChI is InChI=1S/C14H15NO2/c1-9(2)10-3-5-13-12(7-10)11(8-15-13)4-6-14(16)17/h3-9,15H,1-2H3,(H,16,17)/b6-4+. The molecule has 0 fully saturated rings. The number of aliphatic carboxylic acids is 1. The third kappa shape index (κ3) is 2.38. The second kappa shape index (κ2) is 4.45. The van der Waals surface area contributed by atoms with Crippen LogP contribution in [0.3, 0.4) is 0 Å². The second-order valence-corrected chi connectivity index (χ2v) is 4.38. The molecule has 0 spiro atoms. The predicted octanol–water partition coefficient (Wildman–Crippen LogP) is 3.39. The van der Waals surface area contributed by atoms with Crippen LogP contribution in [0, 0.1) is 0 Å². The van der Waals surface area contributed by atoms with E-state index in [-0.39, 0.29) is 0 Å². The lowest BCUT2D eigenvalue weighted by molar-refractivity contribution is -0.131. The minimum atomic E-state index is -0.931. The Morgan fingerprint density at radius 2 is 2.18 bits per heavy atom. The minimum Gasteiger partial charge on any atom is -0.478 e. The highest BCUT2D eigenvalue weighted by atomic mass is 16.4. The number of fused-ring (bicyclic) bond motifs is 1. The number of nitrogens with one attached hydrogen (secondary N) is 1. The van der Waals surface area contributed by atoms with Gasteiger partial charge in [-0.05, 0) is 29.7 Å². The van der Waals surface area contributed by atoms with Crippen molar-refractivity contribution in [3.05, 3.63) is 41.6 Å². The van der Waals surface area contributed by atoms with Gasteiger partial charge in [-0.15, -0.1) is 0 Å². The van der Waals surface area contributed by atoms with E-state index in [2.05, 4.69) is 31.0 Å². The first kappa shape index (κ1) is 11.5. The number of H-pyrrole nitrogens is 1. The van der Waals surface area contributed by atoms with E-state index in [1.165, 1.54) is 5.56 Å². The molecule has 0 radical (unpaired) electrons. The molecule has 0 amide bonds. The number of carboxylic acid groups (broad SMARTS) is 1. The summed E-state index contributed by atoms with van der Waals surface area (Å²) in [4.78, 5) is 13.6. The molecule has 1 heterocycles. The average molecular weight is 229 g/mol. The number of carbonyl (C=O) groups is 1. The number of benzene rings is 1. The van der Waals surface area contributed by atoms with E-state index in [4.69, 9.17) is 5.11 Å². The van der Waals surface area contributed by atoms with Gasteiger partial charge in [0.1, 0.15) is 0 Å². The van der Waals surface area contributed by atoms with Crippen LogP contribution in [0.2, 0.25) is 0 Å². The topological polar surface area (TPSA) is 53.1 Å². The molecule has 0 bridgehead atoms. The summed E-state index contributed by atoms with van der Waals surface area (Å²) >= 11 is 0. The van der Waals surface area contributed by atoms with Gasteiger partial charge >= 0.3 is 5.97 Å². The summed E-state index contributed by atoms with van der Waals surface area (Å²) in [7, 11) is 0. The zero-order chi connectivity index (χ0) is 12.4. The van der Waals surface area contributed by atoms with Crippen molar-refractivity contribution >= 4 is 22.9 Å². The third-order valence-electron chi connectivity index (χ3n) is 2.81. The van der Waals surface area contributed by atoms with Crippen LogP contribution in [-0.4, -0.2) is 16.1 Å². The molecule has 0 atom stereocenters. The molecular weight excluding hydrogens is 214 g/mol. The van der Waals surface area contributed by atoms with E-state index in [9.17, 15) is 4.79 Å². The van der Waals surface area contributed by atoms with Gasteiger partial charge < -0.3 is 10.1 Å². The summed E-state index contributed by atoms with van der Waals surface area (Å²) in [5.41, 5.74) is 3.19. The molecule has 3 heteroatoms. The quantitative estimate of drug-likeness (QED) is 0.792. The van der Waals surface area contributed by atoms with Crippen LogP contribution in [0.25, 0.3) is 17.0 Å². The fourth-order valence-electron chi connectivity index (χ4n) is 1.82. The lowest BCUT2D eigenvalue weighted by Gasteiger charge is -2.04. The van der Waals surface area contributed by atoms with Crippen molar-refractivity contribution in [3.63, 3.8) is 0 Å². The molecule has 1 aromatic carbocycles. The van der Waals surface area contributed by atoms with Crippen LogP contribution in [-0.2, 0) is 4.79 Å². The number of aromatic nitrogens is 1. The number of hydrogen-bond donors (Lipinski definition) is 2. The summed E-state index contributed by atoms with van der Waals surface area (Å²) in [5, 5.41) is 9.69. The Morgan fingerprint density at radius 1 is 1.41 bits per heavy atom. The van der Waals surface area contributed by atoms with Crippen molar-refractivity contribution in [2.24, 2.45) is 0 Å². The molecule has 0 aliphatic carbocycles. The second-order valence-electron chi connectivity index (χ2n) is 4.38. The van der Waals surface area contributed by atoms with Crippen molar-refractivity contribution in [1.29, 1.82) is 0 Å². The molecule has 2 rings (SSSR count). The fraction of sp³-hybridized carbons (Fsp3) is 0.214. The summed E-state index contributed by atoms with van der Waals surface area (Å²) in [6.45, 7) is 4.28. The van der Waals surface area contributed by atoms with Crippen LogP contribution in [0.1, 0.15) is 30.9 Å². The maximum absolute atomic E-state index is 10.5. The van der Waals surface area contributed by atoms with Crippen molar-refractivity contribution < 1.29 is 9.90 Å². The number of rotatable bonds is 3. The highest BCUT2D eigenvalue weighted by Crippen LogP contribution is 2.24. The first-order valence-electron chi connectivity index (χ1n) is 5.60. The number of hydrogen-bond acceptors (Lipinski definition) is 1. The van der Waals surface area contributed by atoms with E-state index in [1.54, 1.807) is 6.08 Å². The van der Waals surface area contributed by atoms with Gasteiger partial charge in [0.25, 0.3) is 0 Å². The van der Waals surface area contributed by atoms with Crippen molar-refractivity contribution in [2.75, 3.05) is 0 Å². The molecule has 0 aliphatic rings. The van der Waals surface area contributed by atoms with Crippen molar-refractivity contribution in [1.82, 2.24) is 4.98 Å². The maximum atomic E-state index is 10.5. The molecule has 0 aliphatic heterocycles. The van der Waals surface area contributed by atoms with E-state index in [0.717, 1.165) is 22.5 Å². The largest absolute Gasteiger partial charge is 0.478 e. The Balaban J connectivity index is 2.50. The van der Waals surface area contributed by atoms with E-state index >= 15 is 0 Å². The van der Waals surface area contributed by atoms with Crippen molar-refractivity contribution in [3.8, 4) is 0 Å². The Hall–Kier alpha value is -2.03. The van der Waals surface area contributed by atoms with Crippen LogP contribution in [0.15, 0.2) is 30.5 Å². The normalized spacial score (nSPS) is 11.7. The van der Waals surface area contributed by atoms with Gasteiger partial charge in [-0.3, -0.25) is 0 Å². The molecule has 1 aromatic heterocycles. The highest BCUT2D eigenvalue weighted by molar-refractivity contribution is 5.93. The van der Waals surface area contributed by atoms with Crippen LogP contribution in [0.5, 0.6) is 0 Å². The van der Waals surface area contributed by atoms with Gasteiger partial charge in [-0.2, -0.15) is 0 Å². The maximum Gasteiger partial charge on any atom is 0.328 e. The minimum absolute atomic E-state index is 0.464. The Kier molecular flexibility index (Phi) is 3.00. The third-order valence-corrected chi connectivity index (χ3v) is 2.81. The van der Waals surface area contributed by atoms with Gasteiger partial charge in [0.2, 0.25) is 0 Å². The first-order chi connectivity index (χ1) is 8.08. The van der Waals surface area contributed by atoms with Gasteiger partial charge in [-0.25, -0.2) is 4.79 Å². The van der Waals surface area contributed by atoms with E-state index in [1.807, 2.05) is 12.3 Å². The Morgan fingerprint density at radius 3 is 2.82 bits per heavy atom. The Bertz CT molecular complexity index is 579. The molecular formula is C14H15NO2. The lowest BCUT2D eigenvalue weighted by Crippen LogP contribution is -1.87. The Labute approximate surface area is 99.8 Å². The molecule has 0 unspecified atom stereocenters. The summed E-state index contributed by atoms with van der Waals surface area (Å²) in [6, 6.07) is 6.23. The van der Waals surface area contributed by atoms with Crippen LogP contribution < -0.4 is 0 Å². The molecule has 2 aromatic rings. The van der Waals surface area contributed by atoms with Gasteiger partial charge in [-0.1, -0.05) is 19.9 Å². The summed E-state index contributed by atoms with van der Waals surface area (Å²) < 4.78 is 0. The molecule has 17 heavy (non-hydrogen) atoms. The van der Waals surface area contributed by atoms with E-state index in [0.29, 0.717) is 5.92 Å². The fourth-order valence-corrected chi connectivity index (χ4v) is 1.82. The molecule has 0 saturated carbocycles. The van der Waals surface area contributed by atoms with E-state index < -0.39 is 5.97 Å².